The third kappa shape index (κ3) is 3.46. The molecule has 2 saturated carbocycles. The van der Waals surface area contributed by atoms with Crippen molar-refractivity contribution in [2.45, 2.75) is 77.0 Å². The van der Waals surface area contributed by atoms with Crippen LogP contribution >= 0.6 is 0 Å². The lowest BCUT2D eigenvalue weighted by atomic mass is 9.79. The Labute approximate surface area is 99.8 Å². The molecule has 0 radical (unpaired) electrons. The molecule has 0 aromatic rings. The molecule has 4 unspecified atom stereocenters. The second-order valence-corrected chi connectivity index (χ2v) is 6.30. The summed E-state index contributed by atoms with van der Waals surface area (Å²) >= 11 is 0. The highest BCUT2D eigenvalue weighted by Gasteiger charge is 2.27. The molecular formula is C14H27NO. The summed E-state index contributed by atoms with van der Waals surface area (Å²) in [5.74, 6) is 1.74. The van der Waals surface area contributed by atoms with Crippen LogP contribution in [0.25, 0.3) is 0 Å². The molecule has 2 aliphatic carbocycles. The summed E-state index contributed by atoms with van der Waals surface area (Å²) < 4.78 is 0. The first-order valence-corrected chi connectivity index (χ1v) is 7.07. The molecule has 2 rings (SSSR count). The standard InChI is InChI=1S/C14H27NO/c1-10-6-11(2)8-13(7-10)15-12-4-3-5-14(16)9-12/h10-16H,3-9H2,1-2H3. The maximum Gasteiger partial charge on any atom is 0.0555 e. The van der Waals surface area contributed by atoms with E-state index in [4.69, 9.17) is 0 Å². The van der Waals surface area contributed by atoms with E-state index in [0.29, 0.717) is 12.1 Å². The Morgan fingerprint density at radius 2 is 1.56 bits per heavy atom. The van der Waals surface area contributed by atoms with Crippen molar-refractivity contribution in [3.8, 4) is 0 Å². The van der Waals surface area contributed by atoms with E-state index in [9.17, 15) is 5.11 Å². The van der Waals surface area contributed by atoms with E-state index in [2.05, 4.69) is 19.2 Å². The summed E-state index contributed by atoms with van der Waals surface area (Å²) in [6, 6.07) is 1.28. The molecule has 0 aromatic heterocycles. The Hall–Kier alpha value is -0.0800. The van der Waals surface area contributed by atoms with Crippen molar-refractivity contribution in [2.75, 3.05) is 0 Å². The van der Waals surface area contributed by atoms with E-state index in [1.54, 1.807) is 0 Å². The fraction of sp³-hybridized carbons (Fsp3) is 1.00. The third-order valence-corrected chi connectivity index (χ3v) is 4.30. The van der Waals surface area contributed by atoms with Gasteiger partial charge in [0.05, 0.1) is 6.10 Å². The zero-order chi connectivity index (χ0) is 11.5. The Bertz CT molecular complexity index is 209. The van der Waals surface area contributed by atoms with Gasteiger partial charge in [0, 0.05) is 12.1 Å². The molecule has 2 nitrogen and oxygen atoms in total. The minimum absolute atomic E-state index is 0.0512. The molecule has 0 aromatic carbocycles. The Morgan fingerprint density at radius 1 is 0.875 bits per heavy atom. The van der Waals surface area contributed by atoms with E-state index in [1.807, 2.05) is 0 Å². The molecule has 2 fully saturated rings. The van der Waals surface area contributed by atoms with Gasteiger partial charge < -0.3 is 10.4 Å². The second kappa shape index (κ2) is 5.50. The van der Waals surface area contributed by atoms with Crippen molar-refractivity contribution in [1.82, 2.24) is 5.32 Å². The third-order valence-electron chi connectivity index (χ3n) is 4.30. The second-order valence-electron chi connectivity index (χ2n) is 6.30. The SMILES string of the molecule is CC1CC(C)CC(NC2CCCC(O)C2)C1. The lowest BCUT2D eigenvalue weighted by molar-refractivity contribution is 0.102. The van der Waals surface area contributed by atoms with Crippen LogP contribution in [0.15, 0.2) is 0 Å². The van der Waals surface area contributed by atoms with Crippen LogP contribution in [0.1, 0.15) is 58.8 Å². The summed E-state index contributed by atoms with van der Waals surface area (Å²) in [6.07, 6.45) is 8.44. The van der Waals surface area contributed by atoms with Crippen molar-refractivity contribution >= 4 is 0 Å². The first kappa shape index (κ1) is 12.4. The van der Waals surface area contributed by atoms with Gasteiger partial charge in [-0.3, -0.25) is 0 Å². The van der Waals surface area contributed by atoms with E-state index in [0.717, 1.165) is 24.7 Å². The fourth-order valence-corrected chi connectivity index (χ4v) is 3.73. The molecular weight excluding hydrogens is 198 g/mol. The van der Waals surface area contributed by atoms with Crippen molar-refractivity contribution in [3.63, 3.8) is 0 Å². The summed E-state index contributed by atoms with van der Waals surface area (Å²) in [6.45, 7) is 4.75. The molecule has 0 saturated heterocycles. The lowest BCUT2D eigenvalue weighted by Crippen LogP contribution is -2.45. The van der Waals surface area contributed by atoms with Gasteiger partial charge in [-0.25, -0.2) is 0 Å². The van der Waals surface area contributed by atoms with E-state index in [1.165, 1.54) is 32.1 Å². The predicted octanol–water partition coefficient (Wildman–Crippen LogP) is 2.70. The van der Waals surface area contributed by atoms with Crippen molar-refractivity contribution in [2.24, 2.45) is 11.8 Å². The summed E-state index contributed by atoms with van der Waals surface area (Å²) in [7, 11) is 0. The zero-order valence-corrected chi connectivity index (χ0v) is 10.8. The van der Waals surface area contributed by atoms with Crippen LogP contribution in [0, 0.1) is 11.8 Å². The summed E-state index contributed by atoms with van der Waals surface area (Å²) in [4.78, 5) is 0. The molecule has 94 valence electrons. The number of rotatable bonds is 2. The lowest BCUT2D eigenvalue weighted by Gasteiger charge is -2.36. The normalized spacial score (nSPS) is 45.6. The molecule has 0 amide bonds. The molecule has 2 aliphatic rings. The van der Waals surface area contributed by atoms with Crippen molar-refractivity contribution in [1.29, 1.82) is 0 Å². The Balaban J connectivity index is 1.79. The van der Waals surface area contributed by atoms with Crippen LogP contribution in [-0.4, -0.2) is 23.3 Å². The van der Waals surface area contributed by atoms with Crippen LogP contribution < -0.4 is 5.32 Å². The van der Waals surface area contributed by atoms with E-state index >= 15 is 0 Å². The largest absolute Gasteiger partial charge is 0.393 e. The first-order chi connectivity index (χ1) is 7.63. The van der Waals surface area contributed by atoms with Gasteiger partial charge in [-0.1, -0.05) is 13.8 Å². The monoisotopic (exact) mass is 225 g/mol. The van der Waals surface area contributed by atoms with Gasteiger partial charge in [0.25, 0.3) is 0 Å². The number of hydrogen-bond donors (Lipinski definition) is 2. The Morgan fingerprint density at radius 3 is 2.19 bits per heavy atom. The summed E-state index contributed by atoms with van der Waals surface area (Å²) in [5.41, 5.74) is 0. The average molecular weight is 225 g/mol. The van der Waals surface area contributed by atoms with Gasteiger partial charge in [0.1, 0.15) is 0 Å². The molecule has 2 heteroatoms. The maximum atomic E-state index is 9.67. The van der Waals surface area contributed by atoms with Crippen molar-refractivity contribution < 1.29 is 5.11 Å². The average Bonchev–Trinajstić information content (AvgIpc) is 2.15. The van der Waals surface area contributed by atoms with E-state index < -0.39 is 0 Å². The zero-order valence-electron chi connectivity index (χ0n) is 10.8. The van der Waals surface area contributed by atoms with Gasteiger partial charge in [0.15, 0.2) is 0 Å². The quantitative estimate of drug-likeness (QED) is 0.757. The number of nitrogens with one attached hydrogen (secondary N) is 1. The molecule has 16 heavy (non-hydrogen) atoms. The molecule has 0 heterocycles. The molecule has 0 aliphatic heterocycles. The molecule has 2 N–H and O–H groups in total. The number of aliphatic hydroxyl groups is 1. The minimum Gasteiger partial charge on any atom is -0.393 e. The van der Waals surface area contributed by atoms with Gasteiger partial charge >= 0.3 is 0 Å². The number of hydrogen-bond acceptors (Lipinski definition) is 2. The van der Waals surface area contributed by atoms with Gasteiger partial charge in [-0.05, 0) is 56.8 Å². The summed E-state index contributed by atoms with van der Waals surface area (Å²) in [5, 5.41) is 13.5. The van der Waals surface area contributed by atoms with Gasteiger partial charge in [-0.2, -0.15) is 0 Å². The topological polar surface area (TPSA) is 32.3 Å². The van der Waals surface area contributed by atoms with Crippen LogP contribution in [0.4, 0.5) is 0 Å². The van der Waals surface area contributed by atoms with Crippen LogP contribution in [0.3, 0.4) is 0 Å². The smallest absolute Gasteiger partial charge is 0.0555 e. The van der Waals surface area contributed by atoms with Crippen LogP contribution in [-0.2, 0) is 0 Å². The van der Waals surface area contributed by atoms with Gasteiger partial charge in [-0.15, -0.1) is 0 Å². The maximum absolute atomic E-state index is 9.67. The minimum atomic E-state index is -0.0512. The fourth-order valence-electron chi connectivity index (χ4n) is 3.73. The highest BCUT2D eigenvalue weighted by molar-refractivity contribution is 4.85. The van der Waals surface area contributed by atoms with Crippen LogP contribution in [0.5, 0.6) is 0 Å². The molecule has 0 bridgehead atoms. The Kier molecular flexibility index (Phi) is 4.26. The predicted molar refractivity (Wildman–Crippen MR) is 67.4 cm³/mol. The highest BCUT2D eigenvalue weighted by atomic mass is 16.3. The van der Waals surface area contributed by atoms with E-state index in [-0.39, 0.29) is 6.10 Å². The number of aliphatic hydroxyl groups excluding tert-OH is 1. The first-order valence-electron chi connectivity index (χ1n) is 7.07. The van der Waals surface area contributed by atoms with Crippen LogP contribution in [0.2, 0.25) is 0 Å². The molecule has 0 spiro atoms. The molecule has 4 atom stereocenters. The highest BCUT2D eigenvalue weighted by Crippen LogP contribution is 2.30. The van der Waals surface area contributed by atoms with Gasteiger partial charge in [0.2, 0.25) is 0 Å². The van der Waals surface area contributed by atoms with Crippen molar-refractivity contribution in [3.05, 3.63) is 0 Å².